The highest BCUT2D eigenvalue weighted by Gasteiger charge is 2.33. The van der Waals surface area contributed by atoms with E-state index in [-0.39, 0.29) is 0 Å². The first-order valence-electron chi connectivity index (χ1n) is 6.63. The number of hydrogen-bond donors (Lipinski definition) is 0. The molecular weight excluding hydrogens is 202 g/mol. The van der Waals surface area contributed by atoms with Gasteiger partial charge in [0.15, 0.2) is 0 Å². The quantitative estimate of drug-likeness (QED) is 0.734. The van der Waals surface area contributed by atoms with Crippen molar-refractivity contribution in [2.45, 2.75) is 63.9 Å². The van der Waals surface area contributed by atoms with Crippen LogP contribution in [0.5, 0.6) is 0 Å². The van der Waals surface area contributed by atoms with Gasteiger partial charge in [-0.15, -0.1) is 0 Å². The number of nitrogens with zero attached hydrogens (tertiary/aromatic N) is 1. The summed E-state index contributed by atoms with van der Waals surface area (Å²) in [6.07, 6.45) is 6.38. The smallest absolute Gasteiger partial charge is 0.0628 e. The molecule has 0 spiro atoms. The molecular formula is C13H25NO2. The predicted octanol–water partition coefficient (Wildman–Crippen LogP) is 2.05. The van der Waals surface area contributed by atoms with E-state index in [0.29, 0.717) is 24.4 Å². The number of ether oxygens (including phenoxy) is 2. The molecule has 0 bridgehead atoms. The largest absolute Gasteiger partial charge is 0.375 e. The van der Waals surface area contributed by atoms with Gasteiger partial charge in [-0.25, -0.2) is 0 Å². The third kappa shape index (κ3) is 3.44. The molecule has 0 amide bonds. The Bertz CT molecular complexity index is 206. The minimum Gasteiger partial charge on any atom is -0.375 e. The van der Waals surface area contributed by atoms with E-state index in [1.165, 1.54) is 25.9 Å². The molecule has 3 heteroatoms. The summed E-state index contributed by atoms with van der Waals surface area (Å²) in [5.74, 6) is 0. The molecule has 0 atom stereocenters. The standard InChI is InChI=1S/C13H25NO2/c1-10(2)15-12-8-13(9-12)16-11-4-6-14(3)7-5-11/h10-13H,4-9H2,1-3H3. The van der Waals surface area contributed by atoms with Crippen LogP contribution in [0, 0.1) is 0 Å². The zero-order chi connectivity index (χ0) is 11.5. The van der Waals surface area contributed by atoms with Gasteiger partial charge < -0.3 is 14.4 Å². The van der Waals surface area contributed by atoms with Crippen molar-refractivity contribution in [1.82, 2.24) is 4.90 Å². The van der Waals surface area contributed by atoms with E-state index in [9.17, 15) is 0 Å². The zero-order valence-electron chi connectivity index (χ0n) is 10.8. The maximum absolute atomic E-state index is 6.08. The van der Waals surface area contributed by atoms with Crippen molar-refractivity contribution >= 4 is 0 Å². The normalized spacial score (nSPS) is 33.0. The van der Waals surface area contributed by atoms with Gasteiger partial charge in [-0.1, -0.05) is 0 Å². The van der Waals surface area contributed by atoms with Crippen molar-refractivity contribution in [2.24, 2.45) is 0 Å². The fourth-order valence-electron chi connectivity index (χ4n) is 2.52. The van der Waals surface area contributed by atoms with Crippen LogP contribution in [0.4, 0.5) is 0 Å². The Labute approximate surface area is 99.1 Å². The van der Waals surface area contributed by atoms with E-state index in [1.54, 1.807) is 0 Å². The topological polar surface area (TPSA) is 21.7 Å². The molecule has 0 radical (unpaired) electrons. The van der Waals surface area contributed by atoms with Crippen LogP contribution in [0.1, 0.15) is 39.5 Å². The van der Waals surface area contributed by atoms with Crippen LogP contribution in [0.25, 0.3) is 0 Å². The van der Waals surface area contributed by atoms with E-state index < -0.39 is 0 Å². The van der Waals surface area contributed by atoms with E-state index in [4.69, 9.17) is 9.47 Å². The van der Waals surface area contributed by atoms with Gasteiger partial charge in [0, 0.05) is 13.1 Å². The first kappa shape index (κ1) is 12.3. The maximum atomic E-state index is 6.08. The van der Waals surface area contributed by atoms with Crippen molar-refractivity contribution in [3.8, 4) is 0 Å². The van der Waals surface area contributed by atoms with Crippen LogP contribution in [0.3, 0.4) is 0 Å². The maximum Gasteiger partial charge on any atom is 0.0628 e. The third-order valence-electron chi connectivity index (χ3n) is 3.57. The van der Waals surface area contributed by atoms with E-state index in [2.05, 4.69) is 25.8 Å². The summed E-state index contributed by atoms with van der Waals surface area (Å²) in [5.41, 5.74) is 0. The van der Waals surface area contributed by atoms with Gasteiger partial charge >= 0.3 is 0 Å². The summed E-state index contributed by atoms with van der Waals surface area (Å²) in [6.45, 7) is 6.57. The predicted molar refractivity (Wildman–Crippen MR) is 64.6 cm³/mol. The second-order valence-electron chi connectivity index (χ2n) is 5.54. The second kappa shape index (κ2) is 5.48. The van der Waals surface area contributed by atoms with Crippen LogP contribution in [0.2, 0.25) is 0 Å². The van der Waals surface area contributed by atoms with Gasteiger partial charge in [0.2, 0.25) is 0 Å². The van der Waals surface area contributed by atoms with Crippen LogP contribution in [-0.2, 0) is 9.47 Å². The number of hydrogen-bond acceptors (Lipinski definition) is 3. The molecule has 1 saturated carbocycles. The molecule has 2 aliphatic rings. The lowest BCUT2D eigenvalue weighted by Crippen LogP contribution is -2.43. The Morgan fingerprint density at radius 2 is 1.62 bits per heavy atom. The van der Waals surface area contributed by atoms with Crippen LogP contribution in [0.15, 0.2) is 0 Å². The number of rotatable bonds is 4. The summed E-state index contributed by atoms with van der Waals surface area (Å²) in [4.78, 5) is 2.38. The lowest BCUT2D eigenvalue weighted by molar-refractivity contribution is -0.145. The van der Waals surface area contributed by atoms with Gasteiger partial charge in [-0.3, -0.25) is 0 Å². The SMILES string of the molecule is CC(C)OC1CC(OC2CCN(C)CC2)C1. The fraction of sp³-hybridized carbons (Fsp3) is 1.00. The van der Waals surface area contributed by atoms with Gasteiger partial charge in [0.25, 0.3) is 0 Å². The highest BCUT2D eigenvalue weighted by molar-refractivity contribution is 4.83. The molecule has 0 aromatic heterocycles. The van der Waals surface area contributed by atoms with E-state index in [1.807, 2.05) is 0 Å². The van der Waals surface area contributed by atoms with E-state index >= 15 is 0 Å². The molecule has 0 aromatic rings. The minimum atomic E-state index is 0.356. The van der Waals surface area contributed by atoms with E-state index in [0.717, 1.165) is 12.8 Å². The van der Waals surface area contributed by atoms with Gasteiger partial charge in [0.1, 0.15) is 0 Å². The molecule has 1 heterocycles. The first-order valence-corrected chi connectivity index (χ1v) is 6.63. The lowest BCUT2D eigenvalue weighted by atomic mass is 9.91. The molecule has 2 fully saturated rings. The average molecular weight is 227 g/mol. The molecule has 1 aliphatic carbocycles. The number of likely N-dealkylation sites (tertiary alicyclic amines) is 1. The van der Waals surface area contributed by atoms with Crippen LogP contribution in [-0.4, -0.2) is 49.5 Å². The second-order valence-corrected chi connectivity index (χ2v) is 5.54. The highest BCUT2D eigenvalue weighted by Crippen LogP contribution is 2.30. The van der Waals surface area contributed by atoms with Crippen molar-refractivity contribution in [2.75, 3.05) is 20.1 Å². The molecule has 16 heavy (non-hydrogen) atoms. The summed E-state index contributed by atoms with van der Waals surface area (Å²) in [5, 5.41) is 0. The van der Waals surface area contributed by atoms with Crippen LogP contribution < -0.4 is 0 Å². The average Bonchev–Trinajstić information content (AvgIpc) is 2.17. The van der Waals surface area contributed by atoms with Crippen molar-refractivity contribution in [3.05, 3.63) is 0 Å². The Hall–Kier alpha value is -0.120. The van der Waals surface area contributed by atoms with Crippen molar-refractivity contribution < 1.29 is 9.47 Å². The first-order chi connectivity index (χ1) is 7.63. The zero-order valence-corrected chi connectivity index (χ0v) is 10.8. The van der Waals surface area contributed by atoms with Crippen molar-refractivity contribution in [1.29, 1.82) is 0 Å². The molecule has 0 unspecified atom stereocenters. The van der Waals surface area contributed by atoms with Gasteiger partial charge in [-0.05, 0) is 46.6 Å². The minimum absolute atomic E-state index is 0.356. The summed E-state index contributed by atoms with van der Waals surface area (Å²) in [7, 11) is 2.19. The molecule has 94 valence electrons. The molecule has 0 N–H and O–H groups in total. The third-order valence-corrected chi connectivity index (χ3v) is 3.57. The fourth-order valence-corrected chi connectivity index (χ4v) is 2.52. The molecule has 2 rings (SSSR count). The highest BCUT2D eigenvalue weighted by atomic mass is 16.5. The van der Waals surface area contributed by atoms with Gasteiger partial charge in [-0.2, -0.15) is 0 Å². The monoisotopic (exact) mass is 227 g/mol. The Kier molecular flexibility index (Phi) is 4.22. The van der Waals surface area contributed by atoms with Crippen LogP contribution >= 0.6 is 0 Å². The summed E-state index contributed by atoms with van der Waals surface area (Å²) >= 11 is 0. The summed E-state index contributed by atoms with van der Waals surface area (Å²) < 4.78 is 11.8. The number of piperidine rings is 1. The van der Waals surface area contributed by atoms with Gasteiger partial charge in [0.05, 0.1) is 24.4 Å². The molecule has 1 aliphatic heterocycles. The Balaban J connectivity index is 1.59. The molecule has 3 nitrogen and oxygen atoms in total. The molecule has 0 aromatic carbocycles. The Morgan fingerprint density at radius 1 is 1.00 bits per heavy atom. The Morgan fingerprint density at radius 3 is 2.19 bits per heavy atom. The van der Waals surface area contributed by atoms with Crippen molar-refractivity contribution in [3.63, 3.8) is 0 Å². The lowest BCUT2D eigenvalue weighted by Gasteiger charge is -2.40. The summed E-state index contributed by atoms with van der Waals surface area (Å²) in [6, 6.07) is 0. The molecule has 1 saturated heterocycles.